The smallest absolute Gasteiger partial charge is 0.321 e. The predicted octanol–water partition coefficient (Wildman–Crippen LogP) is 2.00. The van der Waals surface area contributed by atoms with Crippen LogP contribution in [0.15, 0.2) is 18.2 Å². The standard InChI is InChI=1S/C15H21N3O3/c1-10-12(5-4-6-13(10)17(2)3)16-15(21)18-8-7-11(9-18)14(19)20/h4-6,11H,7-9H2,1-3H3,(H,16,21)(H,19,20). The summed E-state index contributed by atoms with van der Waals surface area (Å²) in [5.74, 6) is -1.29. The summed E-state index contributed by atoms with van der Waals surface area (Å²) in [5.41, 5.74) is 2.78. The molecule has 2 N–H and O–H groups in total. The number of hydrogen-bond acceptors (Lipinski definition) is 3. The van der Waals surface area contributed by atoms with Crippen molar-refractivity contribution < 1.29 is 14.7 Å². The normalized spacial score (nSPS) is 17.7. The van der Waals surface area contributed by atoms with Crippen LogP contribution in [0.1, 0.15) is 12.0 Å². The minimum atomic E-state index is -0.837. The van der Waals surface area contributed by atoms with E-state index in [1.165, 1.54) is 0 Å². The molecule has 21 heavy (non-hydrogen) atoms. The van der Waals surface area contributed by atoms with Gasteiger partial charge in [0.25, 0.3) is 0 Å². The van der Waals surface area contributed by atoms with Gasteiger partial charge >= 0.3 is 12.0 Å². The lowest BCUT2D eigenvalue weighted by molar-refractivity contribution is -0.141. The zero-order chi connectivity index (χ0) is 15.6. The molecule has 2 rings (SSSR count). The molecule has 0 saturated carbocycles. The van der Waals surface area contributed by atoms with E-state index in [2.05, 4.69) is 5.32 Å². The van der Waals surface area contributed by atoms with Crippen molar-refractivity contribution in [3.05, 3.63) is 23.8 Å². The second kappa shape index (κ2) is 6.03. The molecule has 1 aliphatic rings. The first-order valence-electron chi connectivity index (χ1n) is 6.96. The van der Waals surface area contributed by atoms with Gasteiger partial charge in [-0.05, 0) is 31.0 Å². The molecule has 0 bridgehead atoms. The van der Waals surface area contributed by atoms with E-state index in [1.54, 1.807) is 4.90 Å². The van der Waals surface area contributed by atoms with Crippen LogP contribution in [-0.4, -0.2) is 49.2 Å². The quantitative estimate of drug-likeness (QED) is 0.893. The van der Waals surface area contributed by atoms with Gasteiger partial charge in [-0.1, -0.05) is 6.07 Å². The van der Waals surface area contributed by atoms with Gasteiger partial charge in [-0.3, -0.25) is 4.79 Å². The Hall–Kier alpha value is -2.24. The van der Waals surface area contributed by atoms with Crippen LogP contribution in [0.5, 0.6) is 0 Å². The predicted molar refractivity (Wildman–Crippen MR) is 81.8 cm³/mol. The number of nitrogens with one attached hydrogen (secondary N) is 1. The number of aliphatic carboxylic acids is 1. The Morgan fingerprint density at radius 2 is 2.10 bits per heavy atom. The van der Waals surface area contributed by atoms with Crippen LogP contribution in [0, 0.1) is 12.8 Å². The third-order valence-corrected chi connectivity index (χ3v) is 3.85. The number of carboxylic acids is 1. The molecule has 0 aromatic heterocycles. The number of amides is 2. The van der Waals surface area contributed by atoms with Crippen molar-refractivity contribution in [2.24, 2.45) is 5.92 Å². The highest BCUT2D eigenvalue weighted by molar-refractivity contribution is 5.91. The van der Waals surface area contributed by atoms with Crippen molar-refractivity contribution in [3.63, 3.8) is 0 Å². The van der Waals surface area contributed by atoms with Crippen LogP contribution >= 0.6 is 0 Å². The van der Waals surface area contributed by atoms with Gasteiger partial charge in [0.2, 0.25) is 0 Å². The Kier molecular flexibility index (Phi) is 4.35. The van der Waals surface area contributed by atoms with Gasteiger partial charge in [0, 0.05) is 38.6 Å². The number of rotatable bonds is 3. The van der Waals surface area contributed by atoms with Crippen LogP contribution in [0.25, 0.3) is 0 Å². The monoisotopic (exact) mass is 291 g/mol. The second-order valence-corrected chi connectivity index (χ2v) is 5.54. The molecular weight excluding hydrogens is 270 g/mol. The Balaban J connectivity index is 2.07. The number of hydrogen-bond donors (Lipinski definition) is 2. The van der Waals surface area contributed by atoms with Crippen molar-refractivity contribution in [3.8, 4) is 0 Å². The lowest BCUT2D eigenvalue weighted by Gasteiger charge is -2.21. The van der Waals surface area contributed by atoms with Crippen molar-refractivity contribution in [1.82, 2.24) is 4.90 Å². The molecule has 2 amide bonds. The summed E-state index contributed by atoms with van der Waals surface area (Å²) in [6, 6.07) is 5.49. The third-order valence-electron chi connectivity index (χ3n) is 3.85. The molecule has 6 heteroatoms. The van der Waals surface area contributed by atoms with Crippen LogP contribution < -0.4 is 10.2 Å². The minimum absolute atomic E-state index is 0.238. The molecule has 114 valence electrons. The second-order valence-electron chi connectivity index (χ2n) is 5.54. The molecule has 1 aromatic carbocycles. The first-order chi connectivity index (χ1) is 9.90. The fourth-order valence-electron chi connectivity index (χ4n) is 2.58. The number of likely N-dealkylation sites (tertiary alicyclic amines) is 1. The molecule has 0 aliphatic carbocycles. The Bertz CT molecular complexity index is 557. The molecule has 0 radical (unpaired) electrons. The summed E-state index contributed by atoms with van der Waals surface area (Å²) in [5, 5.41) is 11.9. The maximum Gasteiger partial charge on any atom is 0.321 e. The lowest BCUT2D eigenvalue weighted by Crippen LogP contribution is -2.34. The number of anilines is 2. The number of urea groups is 1. The van der Waals surface area contributed by atoms with Gasteiger partial charge < -0.3 is 20.2 Å². The molecule has 1 fully saturated rings. The summed E-state index contributed by atoms with van der Waals surface area (Å²) >= 11 is 0. The Labute approximate surface area is 124 Å². The zero-order valence-electron chi connectivity index (χ0n) is 12.6. The fourth-order valence-corrected chi connectivity index (χ4v) is 2.58. The van der Waals surface area contributed by atoms with E-state index < -0.39 is 11.9 Å². The van der Waals surface area contributed by atoms with Crippen molar-refractivity contribution in [1.29, 1.82) is 0 Å². The van der Waals surface area contributed by atoms with E-state index in [1.807, 2.05) is 44.1 Å². The number of carbonyl (C=O) groups is 2. The first-order valence-corrected chi connectivity index (χ1v) is 6.96. The summed E-state index contributed by atoms with van der Waals surface area (Å²) < 4.78 is 0. The summed E-state index contributed by atoms with van der Waals surface area (Å²) in [6.07, 6.45) is 0.513. The molecule has 1 aliphatic heterocycles. The van der Waals surface area contributed by atoms with Gasteiger partial charge in [0.1, 0.15) is 0 Å². The topological polar surface area (TPSA) is 72.9 Å². The first kappa shape index (κ1) is 15.2. The summed E-state index contributed by atoms with van der Waals surface area (Å²) in [6.45, 7) is 2.71. The van der Waals surface area contributed by atoms with Crippen molar-refractivity contribution in [2.75, 3.05) is 37.4 Å². The van der Waals surface area contributed by atoms with E-state index in [-0.39, 0.29) is 12.6 Å². The number of nitrogens with zero attached hydrogens (tertiary/aromatic N) is 2. The maximum absolute atomic E-state index is 12.2. The molecule has 1 unspecified atom stereocenters. The van der Waals surface area contributed by atoms with E-state index in [4.69, 9.17) is 5.11 Å². The van der Waals surface area contributed by atoms with Crippen molar-refractivity contribution in [2.45, 2.75) is 13.3 Å². The molecule has 1 saturated heterocycles. The van der Waals surface area contributed by atoms with Gasteiger partial charge in [0.15, 0.2) is 0 Å². The SMILES string of the molecule is Cc1c(NC(=O)N2CCC(C(=O)O)C2)cccc1N(C)C. The molecule has 1 heterocycles. The van der Waals surface area contributed by atoms with E-state index >= 15 is 0 Å². The molecular formula is C15H21N3O3. The Morgan fingerprint density at radius 3 is 2.67 bits per heavy atom. The van der Waals surface area contributed by atoms with Gasteiger partial charge in [-0.2, -0.15) is 0 Å². The van der Waals surface area contributed by atoms with Gasteiger partial charge in [-0.15, -0.1) is 0 Å². The highest BCUT2D eigenvalue weighted by atomic mass is 16.4. The van der Waals surface area contributed by atoms with E-state index in [0.29, 0.717) is 13.0 Å². The summed E-state index contributed by atoms with van der Waals surface area (Å²) in [7, 11) is 3.90. The average molecular weight is 291 g/mol. The van der Waals surface area contributed by atoms with Gasteiger partial charge in [-0.25, -0.2) is 4.79 Å². The van der Waals surface area contributed by atoms with E-state index in [9.17, 15) is 9.59 Å². The highest BCUT2D eigenvalue weighted by Crippen LogP contribution is 2.26. The van der Waals surface area contributed by atoms with Crippen LogP contribution in [0.4, 0.5) is 16.2 Å². The third kappa shape index (κ3) is 3.26. The zero-order valence-corrected chi connectivity index (χ0v) is 12.6. The number of carboxylic acid groups (broad SMARTS) is 1. The Morgan fingerprint density at radius 1 is 1.38 bits per heavy atom. The van der Waals surface area contributed by atoms with Crippen LogP contribution in [0.3, 0.4) is 0 Å². The number of carbonyl (C=O) groups excluding carboxylic acids is 1. The van der Waals surface area contributed by atoms with Crippen LogP contribution in [0.2, 0.25) is 0 Å². The fraction of sp³-hybridized carbons (Fsp3) is 0.467. The van der Waals surface area contributed by atoms with Crippen LogP contribution in [-0.2, 0) is 4.79 Å². The molecule has 1 aromatic rings. The minimum Gasteiger partial charge on any atom is -0.481 e. The molecule has 0 spiro atoms. The average Bonchev–Trinajstić information content (AvgIpc) is 2.90. The van der Waals surface area contributed by atoms with Gasteiger partial charge in [0.05, 0.1) is 5.92 Å². The highest BCUT2D eigenvalue weighted by Gasteiger charge is 2.31. The van der Waals surface area contributed by atoms with Crippen molar-refractivity contribution >= 4 is 23.4 Å². The molecule has 6 nitrogen and oxygen atoms in total. The summed E-state index contributed by atoms with van der Waals surface area (Å²) in [4.78, 5) is 26.7. The lowest BCUT2D eigenvalue weighted by atomic mass is 10.1. The number of benzene rings is 1. The maximum atomic E-state index is 12.2. The van der Waals surface area contributed by atoms with E-state index in [0.717, 1.165) is 16.9 Å². The molecule has 1 atom stereocenters. The largest absolute Gasteiger partial charge is 0.481 e.